The van der Waals surface area contributed by atoms with Crippen molar-refractivity contribution in [3.8, 4) is 0 Å². The first-order valence-corrected chi connectivity index (χ1v) is 6.76. The highest BCUT2D eigenvalue weighted by Crippen LogP contribution is 2.48. The summed E-state index contributed by atoms with van der Waals surface area (Å²) in [7, 11) is 1.44. The number of hydrogen-bond acceptors (Lipinski definition) is 4. The number of nitrogens with two attached hydrogens (primary N) is 2. The predicted octanol–water partition coefficient (Wildman–Crippen LogP) is 1.73. The van der Waals surface area contributed by atoms with Crippen molar-refractivity contribution in [2.45, 2.75) is 25.7 Å². The number of nitrogen functional groups attached to an aromatic ring is 1. The molecule has 2 rings (SSSR count). The van der Waals surface area contributed by atoms with Gasteiger partial charge in [0, 0.05) is 12.2 Å². The normalized spacial score (nSPS) is 17.8. The molecule has 1 saturated carbocycles. The Morgan fingerprint density at radius 3 is 2.63 bits per heavy atom. The first-order valence-electron chi connectivity index (χ1n) is 6.76. The molecule has 1 aromatic rings. The predicted molar refractivity (Wildman–Crippen MR) is 75.4 cm³/mol. The molecule has 4 nitrogen and oxygen atoms in total. The van der Waals surface area contributed by atoms with E-state index in [0.717, 1.165) is 30.5 Å². The van der Waals surface area contributed by atoms with Gasteiger partial charge in [-0.05, 0) is 43.2 Å². The lowest BCUT2D eigenvalue weighted by molar-refractivity contribution is -0.154. The van der Waals surface area contributed by atoms with E-state index in [0.29, 0.717) is 18.9 Å². The zero-order valence-corrected chi connectivity index (χ0v) is 11.4. The summed E-state index contributed by atoms with van der Waals surface area (Å²) in [5.41, 5.74) is 13.2. The van der Waals surface area contributed by atoms with Gasteiger partial charge >= 0.3 is 5.97 Å². The fraction of sp³-hybridized carbons (Fsp3) is 0.533. The van der Waals surface area contributed by atoms with E-state index in [9.17, 15) is 4.79 Å². The van der Waals surface area contributed by atoms with Crippen molar-refractivity contribution >= 4 is 11.7 Å². The van der Waals surface area contributed by atoms with Crippen molar-refractivity contribution < 1.29 is 9.53 Å². The van der Waals surface area contributed by atoms with E-state index in [2.05, 4.69) is 0 Å². The first-order chi connectivity index (χ1) is 9.14. The van der Waals surface area contributed by atoms with E-state index >= 15 is 0 Å². The van der Waals surface area contributed by atoms with E-state index in [1.165, 1.54) is 7.11 Å². The Balaban J connectivity index is 2.13. The van der Waals surface area contributed by atoms with Crippen LogP contribution in [-0.2, 0) is 16.0 Å². The molecule has 4 heteroatoms. The molecule has 19 heavy (non-hydrogen) atoms. The number of benzene rings is 1. The van der Waals surface area contributed by atoms with Crippen molar-refractivity contribution in [2.75, 3.05) is 19.4 Å². The van der Waals surface area contributed by atoms with Crippen LogP contribution >= 0.6 is 0 Å². The first kappa shape index (κ1) is 13.9. The lowest BCUT2D eigenvalue weighted by atomic mass is 9.77. The van der Waals surface area contributed by atoms with Crippen LogP contribution in [0.15, 0.2) is 24.3 Å². The average molecular weight is 262 g/mol. The van der Waals surface area contributed by atoms with Gasteiger partial charge in [-0.15, -0.1) is 0 Å². The number of esters is 1. The third-order valence-electron chi connectivity index (χ3n) is 4.21. The maximum Gasteiger partial charge on any atom is 0.313 e. The topological polar surface area (TPSA) is 78.3 Å². The molecule has 1 unspecified atom stereocenters. The standard InChI is InChI=1S/C15H22N2O2/c1-19-14(18)15(10-16,12-6-7-12)9-8-11-4-2-3-5-13(11)17/h2-5,12H,6-10,16-17H2,1H3. The number of methoxy groups -OCH3 is 1. The SMILES string of the molecule is COC(=O)C(CN)(CCc1ccccc1N)C1CC1. The van der Waals surface area contributed by atoms with Gasteiger partial charge < -0.3 is 16.2 Å². The minimum atomic E-state index is -0.531. The summed E-state index contributed by atoms with van der Waals surface area (Å²) < 4.78 is 4.98. The van der Waals surface area contributed by atoms with Crippen molar-refractivity contribution in [3.05, 3.63) is 29.8 Å². The van der Waals surface area contributed by atoms with Crippen molar-refractivity contribution in [1.82, 2.24) is 0 Å². The fourth-order valence-electron chi connectivity index (χ4n) is 2.78. The Hall–Kier alpha value is -1.55. The molecule has 1 aliphatic carbocycles. The van der Waals surface area contributed by atoms with Crippen LogP contribution < -0.4 is 11.5 Å². The number of ether oxygens (including phenoxy) is 1. The Bertz CT molecular complexity index is 457. The Labute approximate surface area is 114 Å². The van der Waals surface area contributed by atoms with Gasteiger partial charge in [-0.2, -0.15) is 0 Å². The molecule has 1 atom stereocenters. The second-order valence-electron chi connectivity index (χ2n) is 5.32. The van der Waals surface area contributed by atoms with Gasteiger partial charge in [-0.3, -0.25) is 4.79 Å². The van der Waals surface area contributed by atoms with Gasteiger partial charge in [0.1, 0.15) is 0 Å². The summed E-state index contributed by atoms with van der Waals surface area (Å²) >= 11 is 0. The lowest BCUT2D eigenvalue weighted by Gasteiger charge is -2.29. The van der Waals surface area contributed by atoms with Gasteiger partial charge in [0.15, 0.2) is 0 Å². The highest BCUT2D eigenvalue weighted by Gasteiger charge is 2.50. The van der Waals surface area contributed by atoms with E-state index in [4.69, 9.17) is 16.2 Å². The molecule has 0 bridgehead atoms. The van der Waals surface area contributed by atoms with Crippen LogP contribution in [0.3, 0.4) is 0 Å². The molecule has 1 aromatic carbocycles. The molecule has 0 radical (unpaired) electrons. The molecule has 0 spiro atoms. The molecule has 1 fully saturated rings. The second kappa shape index (κ2) is 5.61. The van der Waals surface area contributed by atoms with Crippen LogP contribution in [-0.4, -0.2) is 19.6 Å². The van der Waals surface area contributed by atoms with Crippen molar-refractivity contribution in [1.29, 1.82) is 0 Å². The van der Waals surface area contributed by atoms with Gasteiger partial charge in [-0.25, -0.2) is 0 Å². The molecule has 0 aliphatic heterocycles. The number of hydrogen-bond donors (Lipinski definition) is 2. The molecular formula is C15H22N2O2. The third kappa shape index (κ3) is 2.73. The fourth-order valence-corrected chi connectivity index (χ4v) is 2.78. The smallest absolute Gasteiger partial charge is 0.313 e. The molecule has 4 N–H and O–H groups in total. The number of rotatable bonds is 6. The highest BCUT2D eigenvalue weighted by atomic mass is 16.5. The van der Waals surface area contributed by atoms with Gasteiger partial charge in [0.05, 0.1) is 12.5 Å². The molecular weight excluding hydrogens is 240 g/mol. The molecule has 0 aromatic heterocycles. The summed E-state index contributed by atoms with van der Waals surface area (Å²) in [6, 6.07) is 7.76. The molecule has 1 aliphatic rings. The lowest BCUT2D eigenvalue weighted by Crippen LogP contribution is -2.42. The Kier molecular flexibility index (Phi) is 4.10. The minimum Gasteiger partial charge on any atom is -0.469 e. The quantitative estimate of drug-likeness (QED) is 0.604. The largest absolute Gasteiger partial charge is 0.469 e. The van der Waals surface area contributed by atoms with E-state index in [1.807, 2.05) is 24.3 Å². The van der Waals surface area contributed by atoms with E-state index < -0.39 is 5.41 Å². The molecule has 0 heterocycles. The van der Waals surface area contributed by atoms with Crippen molar-refractivity contribution in [3.63, 3.8) is 0 Å². The second-order valence-corrected chi connectivity index (χ2v) is 5.32. The van der Waals surface area contributed by atoms with Gasteiger partial charge in [-0.1, -0.05) is 18.2 Å². The van der Waals surface area contributed by atoms with Crippen LogP contribution in [0.1, 0.15) is 24.8 Å². The number of carbonyl (C=O) groups excluding carboxylic acids is 1. The zero-order valence-electron chi connectivity index (χ0n) is 11.4. The minimum absolute atomic E-state index is 0.174. The third-order valence-corrected chi connectivity index (χ3v) is 4.21. The Morgan fingerprint density at radius 2 is 2.11 bits per heavy atom. The van der Waals surface area contributed by atoms with Crippen LogP contribution in [0.2, 0.25) is 0 Å². The zero-order chi connectivity index (χ0) is 13.9. The molecule has 104 valence electrons. The maximum absolute atomic E-state index is 12.1. The maximum atomic E-state index is 12.1. The summed E-state index contributed by atoms with van der Waals surface area (Å²) in [6.07, 6.45) is 3.59. The van der Waals surface area contributed by atoms with Crippen molar-refractivity contribution in [2.24, 2.45) is 17.1 Å². The van der Waals surface area contributed by atoms with Gasteiger partial charge in [0.25, 0.3) is 0 Å². The molecule has 0 saturated heterocycles. The number of para-hydroxylation sites is 1. The highest BCUT2D eigenvalue weighted by molar-refractivity contribution is 5.78. The van der Waals surface area contributed by atoms with Gasteiger partial charge in [0.2, 0.25) is 0 Å². The number of anilines is 1. The molecule has 0 amide bonds. The van der Waals surface area contributed by atoms with Crippen LogP contribution in [0.4, 0.5) is 5.69 Å². The van der Waals surface area contributed by atoms with E-state index in [-0.39, 0.29) is 5.97 Å². The monoisotopic (exact) mass is 262 g/mol. The number of carbonyl (C=O) groups is 1. The van der Waals surface area contributed by atoms with Crippen LogP contribution in [0.5, 0.6) is 0 Å². The summed E-state index contributed by atoms with van der Waals surface area (Å²) in [6.45, 7) is 0.344. The van der Waals surface area contributed by atoms with Crippen LogP contribution in [0, 0.1) is 11.3 Å². The summed E-state index contributed by atoms with van der Waals surface area (Å²) in [5, 5.41) is 0. The number of aryl methyl sites for hydroxylation is 1. The Morgan fingerprint density at radius 1 is 1.42 bits per heavy atom. The summed E-state index contributed by atoms with van der Waals surface area (Å²) in [4.78, 5) is 12.1. The van der Waals surface area contributed by atoms with E-state index in [1.54, 1.807) is 0 Å². The van der Waals surface area contributed by atoms with Crippen LogP contribution in [0.25, 0.3) is 0 Å². The average Bonchev–Trinajstić information content (AvgIpc) is 3.26. The summed E-state index contributed by atoms with van der Waals surface area (Å²) in [5.74, 6) is 0.196.